The number of fused-ring (bicyclic) bond motifs is 1. The van der Waals surface area contributed by atoms with Crippen LogP contribution in [0.15, 0.2) is 36.3 Å². The van der Waals surface area contributed by atoms with Crippen molar-refractivity contribution in [3.05, 3.63) is 47.4 Å². The smallest absolute Gasteiger partial charge is 0.143 e. The second kappa shape index (κ2) is 7.18. The topological polar surface area (TPSA) is 99.4 Å². The summed E-state index contributed by atoms with van der Waals surface area (Å²) in [6.45, 7) is 9.33. The molecule has 6 nitrogen and oxygen atoms in total. The van der Waals surface area contributed by atoms with Gasteiger partial charge in [0.2, 0.25) is 0 Å². The Morgan fingerprint density at radius 3 is 2.55 bits per heavy atom. The predicted molar refractivity (Wildman–Crippen MR) is 87.9 cm³/mol. The minimum Gasteiger partial charge on any atom is -0.506 e. The van der Waals surface area contributed by atoms with E-state index in [-0.39, 0.29) is 5.75 Å². The molecule has 2 heterocycles. The number of pyridine rings is 1. The fourth-order valence-corrected chi connectivity index (χ4v) is 1.68. The van der Waals surface area contributed by atoms with E-state index in [0.717, 1.165) is 5.70 Å². The number of nitrogens with zero attached hydrogens (tertiary/aromatic N) is 3. The van der Waals surface area contributed by atoms with Crippen molar-refractivity contribution < 1.29 is 5.11 Å². The van der Waals surface area contributed by atoms with Gasteiger partial charge in [0.25, 0.3) is 0 Å². The number of hydrogen-bond acceptors (Lipinski definition) is 5. The highest BCUT2D eigenvalue weighted by molar-refractivity contribution is 5.74. The number of allylic oxidation sites excluding steroid dienone is 2. The Kier molecular flexibility index (Phi) is 5.58. The highest BCUT2D eigenvalue weighted by Gasteiger charge is 2.11. The Hall–Kier alpha value is -2.94. The summed E-state index contributed by atoms with van der Waals surface area (Å²) in [5.74, 6) is -0.0200. The van der Waals surface area contributed by atoms with E-state index in [2.05, 4.69) is 17.0 Å². The predicted octanol–water partition coefficient (Wildman–Crippen LogP) is 2.36. The van der Waals surface area contributed by atoms with Gasteiger partial charge in [-0.05, 0) is 26.8 Å². The lowest BCUT2D eigenvalue weighted by Crippen LogP contribution is -2.11. The normalized spacial score (nSPS) is 11.0. The van der Waals surface area contributed by atoms with E-state index in [1.165, 1.54) is 22.4 Å². The fraction of sp³-hybridized carbons (Fsp3) is 0.250. The molecule has 0 saturated heterocycles. The zero-order valence-corrected chi connectivity index (χ0v) is 13.3. The molecule has 22 heavy (non-hydrogen) atoms. The molecular formula is C16H21N5O. The minimum absolute atomic E-state index is 0.0200. The molecule has 0 aliphatic carbocycles. The molecule has 0 fully saturated rings. The van der Waals surface area contributed by atoms with E-state index >= 15 is 0 Å². The quantitative estimate of drug-likeness (QED) is 0.739. The summed E-state index contributed by atoms with van der Waals surface area (Å²) in [6, 6.07) is 3.50. The molecule has 4 N–H and O–H groups in total. The van der Waals surface area contributed by atoms with Gasteiger partial charge in [-0.15, -0.1) is 6.58 Å². The number of nitrogens with one attached hydrogen (secondary N) is 1. The third-order valence-corrected chi connectivity index (χ3v) is 2.80. The van der Waals surface area contributed by atoms with E-state index in [1.54, 1.807) is 13.2 Å². The zero-order chi connectivity index (χ0) is 16.9. The Morgan fingerprint density at radius 2 is 2.05 bits per heavy atom. The molecule has 116 valence electrons. The molecule has 0 aliphatic rings. The molecule has 6 heteroatoms. The molecule has 0 saturated carbocycles. The van der Waals surface area contributed by atoms with Crippen molar-refractivity contribution in [2.45, 2.75) is 20.8 Å². The lowest BCUT2D eigenvalue weighted by molar-refractivity contribution is 0.478. The van der Waals surface area contributed by atoms with E-state index in [4.69, 9.17) is 11.0 Å². The number of hydrogen-bond donors (Lipinski definition) is 3. The third-order valence-electron chi connectivity index (χ3n) is 2.80. The molecule has 0 radical (unpaired) electrons. The molecule has 0 aliphatic heterocycles. The van der Waals surface area contributed by atoms with Gasteiger partial charge in [0.05, 0.1) is 11.9 Å². The highest BCUT2D eigenvalue weighted by Crippen LogP contribution is 2.25. The van der Waals surface area contributed by atoms with Crippen molar-refractivity contribution in [1.29, 1.82) is 5.26 Å². The van der Waals surface area contributed by atoms with Crippen LogP contribution in [0.1, 0.15) is 31.9 Å². The van der Waals surface area contributed by atoms with Crippen LogP contribution in [0.2, 0.25) is 0 Å². The molecular weight excluding hydrogens is 278 g/mol. The molecule has 0 bridgehead atoms. The molecule has 0 spiro atoms. The van der Waals surface area contributed by atoms with Crippen LogP contribution in [0.5, 0.6) is 5.75 Å². The first-order valence-corrected chi connectivity index (χ1v) is 6.68. The van der Waals surface area contributed by atoms with Crippen LogP contribution < -0.4 is 11.1 Å². The summed E-state index contributed by atoms with van der Waals surface area (Å²) >= 11 is 0. The average Bonchev–Trinajstić information content (AvgIpc) is 2.88. The lowest BCUT2D eigenvalue weighted by atomic mass is 10.1. The molecule has 2 aromatic heterocycles. The molecule has 0 unspecified atom stereocenters. The van der Waals surface area contributed by atoms with Crippen molar-refractivity contribution in [1.82, 2.24) is 14.9 Å². The Labute approximate surface area is 130 Å². The zero-order valence-electron chi connectivity index (χ0n) is 13.3. The number of nitriles is 1. The minimum atomic E-state index is -0.0200. The second-order valence-electron chi connectivity index (χ2n) is 5.07. The molecule has 0 atom stereocenters. The van der Waals surface area contributed by atoms with Crippen LogP contribution in [0.3, 0.4) is 0 Å². The summed E-state index contributed by atoms with van der Waals surface area (Å²) in [7, 11) is 1.77. The van der Waals surface area contributed by atoms with Crippen LogP contribution in [0.25, 0.3) is 11.2 Å². The van der Waals surface area contributed by atoms with Crippen LogP contribution in [-0.2, 0) is 0 Å². The Balaban J connectivity index is 0.000000541. The Morgan fingerprint density at radius 1 is 1.45 bits per heavy atom. The number of aromatic nitrogens is 2. The molecule has 0 amide bonds. The van der Waals surface area contributed by atoms with Gasteiger partial charge in [-0.3, -0.25) is 0 Å². The lowest BCUT2D eigenvalue weighted by Gasteiger charge is -2.08. The number of rotatable bonds is 2. The van der Waals surface area contributed by atoms with Crippen molar-refractivity contribution in [3.8, 4) is 11.8 Å². The van der Waals surface area contributed by atoms with Gasteiger partial charge in [0.1, 0.15) is 22.9 Å². The Bertz CT molecular complexity index is 761. The summed E-state index contributed by atoms with van der Waals surface area (Å²) in [5.41, 5.74) is 9.77. The largest absolute Gasteiger partial charge is 0.506 e. The first-order valence-electron chi connectivity index (χ1n) is 6.68. The van der Waals surface area contributed by atoms with Gasteiger partial charge in [0, 0.05) is 24.5 Å². The SMILES string of the molecule is C=C(C)C.CN/C(C)=C(\N)c1cc(O)c2c(C#N)cnn2c1. The number of aromatic hydroxyl groups is 1. The molecule has 2 aromatic rings. The van der Waals surface area contributed by atoms with Gasteiger partial charge in [-0.2, -0.15) is 10.4 Å². The maximum Gasteiger partial charge on any atom is 0.143 e. The van der Waals surface area contributed by atoms with Gasteiger partial charge in [0.15, 0.2) is 0 Å². The van der Waals surface area contributed by atoms with Gasteiger partial charge in [-0.1, -0.05) is 5.57 Å². The van der Waals surface area contributed by atoms with E-state index in [0.29, 0.717) is 22.3 Å². The standard InChI is InChI=1S/C12H13N5O.C4H8/c1-7(15-2)11(14)8-3-10(18)12-9(4-13)5-16-17(12)6-8;1-4(2)3/h3,5-6,15,18H,14H2,1-2H3;1H2,2-3H3/b11-7-;. The van der Waals surface area contributed by atoms with Crippen molar-refractivity contribution in [2.75, 3.05) is 7.05 Å². The average molecular weight is 299 g/mol. The van der Waals surface area contributed by atoms with Crippen molar-refractivity contribution in [3.63, 3.8) is 0 Å². The maximum atomic E-state index is 9.95. The van der Waals surface area contributed by atoms with Gasteiger partial charge >= 0.3 is 0 Å². The summed E-state index contributed by atoms with van der Waals surface area (Å²) in [4.78, 5) is 0. The number of nitrogens with two attached hydrogens (primary N) is 1. The van der Waals surface area contributed by atoms with Crippen molar-refractivity contribution >= 4 is 11.2 Å². The second-order valence-corrected chi connectivity index (χ2v) is 5.07. The highest BCUT2D eigenvalue weighted by atomic mass is 16.3. The van der Waals surface area contributed by atoms with Crippen LogP contribution in [-0.4, -0.2) is 21.8 Å². The van der Waals surface area contributed by atoms with Crippen LogP contribution in [0, 0.1) is 11.3 Å². The first-order chi connectivity index (χ1) is 10.3. The molecule has 2 rings (SSSR count). The maximum absolute atomic E-state index is 9.95. The van der Waals surface area contributed by atoms with E-state index < -0.39 is 0 Å². The van der Waals surface area contributed by atoms with Gasteiger partial charge in [-0.25, -0.2) is 4.52 Å². The van der Waals surface area contributed by atoms with E-state index in [9.17, 15) is 5.11 Å². The monoisotopic (exact) mass is 299 g/mol. The van der Waals surface area contributed by atoms with Crippen LogP contribution in [0.4, 0.5) is 0 Å². The van der Waals surface area contributed by atoms with Crippen LogP contribution >= 0.6 is 0 Å². The van der Waals surface area contributed by atoms with Crippen molar-refractivity contribution in [2.24, 2.45) is 5.73 Å². The van der Waals surface area contributed by atoms with E-state index in [1.807, 2.05) is 26.8 Å². The summed E-state index contributed by atoms with van der Waals surface area (Å²) < 4.78 is 1.44. The van der Waals surface area contributed by atoms with Gasteiger partial charge < -0.3 is 16.2 Å². The fourth-order valence-electron chi connectivity index (χ4n) is 1.68. The third kappa shape index (κ3) is 3.79. The molecule has 0 aromatic carbocycles. The summed E-state index contributed by atoms with van der Waals surface area (Å²) in [6.07, 6.45) is 3.08. The summed E-state index contributed by atoms with van der Waals surface area (Å²) in [5, 5.41) is 25.8. The first kappa shape index (κ1) is 17.1.